The van der Waals surface area contributed by atoms with E-state index in [4.69, 9.17) is 10.3 Å². The summed E-state index contributed by atoms with van der Waals surface area (Å²) in [5, 5.41) is 45.4. The maximum atomic E-state index is 12.2. The number of carbonyl (C=O) groups excluding carboxylic acids is 4. The van der Waals surface area contributed by atoms with E-state index >= 15 is 0 Å². The number of ether oxygens (including phenoxy) is 1. The van der Waals surface area contributed by atoms with E-state index < -0.39 is 58.4 Å². The van der Waals surface area contributed by atoms with Crippen LogP contribution in [0.5, 0.6) is 0 Å². The Hall–Kier alpha value is -2.21. The van der Waals surface area contributed by atoms with Crippen molar-refractivity contribution >= 4 is 23.1 Å². The number of Topliss-reactive ketones (excluding diaryl/α,β-unsaturated/α-hetero) is 4. The van der Waals surface area contributed by atoms with Crippen LogP contribution in [0.25, 0.3) is 10.4 Å². The van der Waals surface area contributed by atoms with Gasteiger partial charge in [-0.05, 0) is 26.3 Å². The summed E-state index contributed by atoms with van der Waals surface area (Å²) in [7, 11) is 0. The van der Waals surface area contributed by atoms with E-state index in [1.54, 1.807) is 0 Å². The van der Waals surface area contributed by atoms with Crippen molar-refractivity contribution in [1.29, 1.82) is 0 Å². The first-order valence-corrected chi connectivity index (χ1v) is 7.33. The minimum atomic E-state index is -3.38. The third-order valence-electron chi connectivity index (χ3n) is 4.51. The summed E-state index contributed by atoms with van der Waals surface area (Å²) in [6.45, 7) is 2.99. The Kier molecular flexibility index (Phi) is 5.74. The van der Waals surface area contributed by atoms with Crippen LogP contribution in [0, 0.1) is 0 Å². The van der Waals surface area contributed by atoms with Gasteiger partial charge in [0.1, 0.15) is 18.2 Å². The summed E-state index contributed by atoms with van der Waals surface area (Å²) in [6, 6.07) is -2.49. The van der Waals surface area contributed by atoms with Crippen LogP contribution in [0.2, 0.25) is 0 Å². The van der Waals surface area contributed by atoms with Gasteiger partial charge in [0.05, 0.1) is 0 Å². The molecule has 1 saturated heterocycles. The molecule has 6 atom stereocenters. The predicted octanol–water partition coefficient (Wildman–Crippen LogP) is -2.07. The number of aliphatic hydroxyl groups is 4. The number of carbonyl (C=O) groups is 4. The van der Waals surface area contributed by atoms with Gasteiger partial charge in [-0.15, -0.1) is 0 Å². The monoisotopic (exact) mass is 373 g/mol. The Labute approximate surface area is 147 Å². The van der Waals surface area contributed by atoms with E-state index in [9.17, 15) is 39.6 Å². The van der Waals surface area contributed by atoms with Crippen LogP contribution in [0.3, 0.4) is 0 Å². The Morgan fingerprint density at radius 2 is 1.46 bits per heavy atom. The molecule has 12 heteroatoms. The van der Waals surface area contributed by atoms with Crippen LogP contribution in [0.15, 0.2) is 5.11 Å². The fourth-order valence-corrected chi connectivity index (χ4v) is 2.98. The lowest BCUT2D eigenvalue weighted by Crippen LogP contribution is -2.84. The first-order chi connectivity index (χ1) is 11.7. The van der Waals surface area contributed by atoms with Gasteiger partial charge in [-0.3, -0.25) is 19.2 Å². The van der Waals surface area contributed by atoms with Crippen molar-refractivity contribution in [3.8, 4) is 0 Å². The van der Waals surface area contributed by atoms with Crippen LogP contribution >= 0.6 is 0 Å². The summed E-state index contributed by atoms with van der Waals surface area (Å²) in [5.74, 6) is -8.27. The third-order valence-corrected chi connectivity index (χ3v) is 4.51. The molecule has 1 rings (SSSR count). The van der Waals surface area contributed by atoms with Crippen molar-refractivity contribution in [2.75, 3.05) is 0 Å². The molecule has 0 amide bonds. The molecular weight excluding hydrogens is 354 g/mol. The van der Waals surface area contributed by atoms with E-state index in [1.807, 2.05) is 0 Å². The third kappa shape index (κ3) is 2.72. The van der Waals surface area contributed by atoms with Gasteiger partial charge in [0.2, 0.25) is 5.79 Å². The summed E-state index contributed by atoms with van der Waals surface area (Å²) in [5.41, 5.74) is 2.01. The average molecular weight is 373 g/mol. The highest BCUT2D eigenvalue weighted by molar-refractivity contribution is 6.01. The number of nitrogens with zero attached hydrogens (tertiary/aromatic N) is 3. The van der Waals surface area contributed by atoms with Gasteiger partial charge < -0.3 is 25.2 Å². The lowest BCUT2D eigenvalue weighted by Gasteiger charge is -2.56. The zero-order valence-corrected chi connectivity index (χ0v) is 14.4. The zero-order chi connectivity index (χ0) is 20.7. The first kappa shape index (κ1) is 21.8. The molecule has 1 aliphatic rings. The maximum Gasteiger partial charge on any atom is 0.238 e. The van der Waals surface area contributed by atoms with Crippen molar-refractivity contribution in [2.45, 2.75) is 62.9 Å². The molecule has 1 heterocycles. The number of aliphatic hydroxyl groups excluding tert-OH is 1. The molecular formula is C14H19N3O9. The molecule has 0 saturated carbocycles. The number of rotatable bonds is 6. The van der Waals surface area contributed by atoms with Crippen LogP contribution < -0.4 is 0 Å². The van der Waals surface area contributed by atoms with Crippen molar-refractivity contribution in [2.24, 2.45) is 5.11 Å². The lowest BCUT2D eigenvalue weighted by atomic mass is 9.63. The second kappa shape index (κ2) is 6.83. The normalized spacial score (nSPS) is 38.0. The van der Waals surface area contributed by atoms with E-state index in [1.165, 1.54) is 0 Å². The van der Waals surface area contributed by atoms with Crippen LogP contribution in [-0.2, 0) is 23.9 Å². The van der Waals surface area contributed by atoms with Crippen molar-refractivity contribution in [3.05, 3.63) is 10.4 Å². The molecule has 0 bridgehead atoms. The molecule has 144 valence electrons. The average Bonchev–Trinajstić information content (AvgIpc) is 2.53. The minimum Gasteiger partial charge on any atom is -0.382 e. The van der Waals surface area contributed by atoms with E-state index in [0.717, 1.165) is 13.8 Å². The molecule has 4 N–H and O–H groups in total. The number of ketones is 4. The Bertz CT molecular complexity index is 718. The number of hydrogen-bond donors (Lipinski definition) is 4. The molecule has 1 unspecified atom stereocenters. The molecule has 0 aromatic heterocycles. The smallest absolute Gasteiger partial charge is 0.238 e. The Balaban J connectivity index is 3.98. The highest BCUT2D eigenvalue weighted by atomic mass is 16.7. The van der Waals surface area contributed by atoms with Gasteiger partial charge in [-0.1, -0.05) is 5.11 Å². The van der Waals surface area contributed by atoms with Crippen LogP contribution in [-0.4, -0.2) is 78.8 Å². The van der Waals surface area contributed by atoms with Crippen LogP contribution in [0.4, 0.5) is 0 Å². The quantitative estimate of drug-likeness (QED) is 0.229. The van der Waals surface area contributed by atoms with Gasteiger partial charge >= 0.3 is 0 Å². The van der Waals surface area contributed by atoms with Crippen molar-refractivity contribution in [3.63, 3.8) is 0 Å². The fourth-order valence-electron chi connectivity index (χ4n) is 2.98. The molecule has 0 spiro atoms. The molecule has 1 fully saturated rings. The second-order valence-corrected chi connectivity index (χ2v) is 6.10. The SMILES string of the molecule is CC(=O)C(O)[C@H]1O[C@@](O)(C(C)=O)[C@@H](N=[N+]=[N-])[C@](O)(C(C)=O)[C@@]1(O)C(C)=O. The van der Waals surface area contributed by atoms with Gasteiger partial charge in [0, 0.05) is 11.8 Å². The number of azide groups is 1. The number of hydrogen-bond acceptors (Lipinski definition) is 10. The Morgan fingerprint density at radius 1 is 1.00 bits per heavy atom. The van der Waals surface area contributed by atoms with E-state index in [2.05, 4.69) is 10.0 Å². The molecule has 1 aliphatic heterocycles. The van der Waals surface area contributed by atoms with E-state index in [-0.39, 0.29) is 0 Å². The summed E-state index contributed by atoms with van der Waals surface area (Å²) in [6.07, 6.45) is -4.72. The minimum absolute atomic E-state index is 0.691. The lowest BCUT2D eigenvalue weighted by molar-refractivity contribution is -0.340. The van der Waals surface area contributed by atoms with Crippen molar-refractivity contribution < 1.29 is 44.3 Å². The topological polar surface area (TPSA) is 207 Å². The molecule has 12 nitrogen and oxygen atoms in total. The van der Waals surface area contributed by atoms with E-state index in [0.29, 0.717) is 13.8 Å². The highest BCUT2D eigenvalue weighted by Gasteiger charge is 2.76. The van der Waals surface area contributed by atoms with Gasteiger partial charge in [-0.2, -0.15) is 0 Å². The Morgan fingerprint density at radius 3 is 1.77 bits per heavy atom. The van der Waals surface area contributed by atoms with Crippen LogP contribution in [0.1, 0.15) is 27.7 Å². The van der Waals surface area contributed by atoms with Gasteiger partial charge in [-0.25, -0.2) is 0 Å². The molecule has 0 aromatic carbocycles. The van der Waals surface area contributed by atoms with Crippen molar-refractivity contribution in [1.82, 2.24) is 0 Å². The molecule has 26 heavy (non-hydrogen) atoms. The summed E-state index contributed by atoms with van der Waals surface area (Å²) >= 11 is 0. The maximum absolute atomic E-state index is 12.2. The molecule has 0 radical (unpaired) electrons. The first-order valence-electron chi connectivity index (χ1n) is 7.33. The van der Waals surface area contributed by atoms with Gasteiger partial charge in [0.25, 0.3) is 0 Å². The highest BCUT2D eigenvalue weighted by Crippen LogP contribution is 2.46. The largest absolute Gasteiger partial charge is 0.382 e. The summed E-state index contributed by atoms with van der Waals surface area (Å²) in [4.78, 5) is 50.1. The fraction of sp³-hybridized carbons (Fsp3) is 0.714. The molecule has 0 aromatic rings. The summed E-state index contributed by atoms with van der Waals surface area (Å²) < 4.78 is 4.93. The zero-order valence-electron chi connectivity index (χ0n) is 14.4. The molecule has 0 aliphatic carbocycles. The predicted molar refractivity (Wildman–Crippen MR) is 81.4 cm³/mol. The van der Waals surface area contributed by atoms with Gasteiger partial charge in [0.15, 0.2) is 34.3 Å². The second-order valence-electron chi connectivity index (χ2n) is 6.10. The standard InChI is InChI=1S/C14H19N3O9/c1-5(18)9(22)10-12(23,6(2)19)13(24,7(3)20)11(16-17-15)14(25,26-10)8(4)21/h9-11,22-25H,1-4H3/t9?,10-,11+,12-,13-,14+/m1/s1.